The first-order chi connectivity index (χ1) is 7.81. The molecule has 1 amide bonds. The zero-order chi connectivity index (χ0) is 13.1. The first-order valence-corrected chi connectivity index (χ1v) is 6.00. The van der Waals surface area contributed by atoms with E-state index in [1.807, 2.05) is 0 Å². The summed E-state index contributed by atoms with van der Waals surface area (Å²) in [5.41, 5.74) is -0.990. The van der Waals surface area contributed by atoms with Crippen molar-refractivity contribution in [1.29, 1.82) is 0 Å². The smallest absolute Gasteiger partial charge is 0.309 e. The summed E-state index contributed by atoms with van der Waals surface area (Å²) in [6, 6.07) is 0. The first kappa shape index (κ1) is 14.0. The summed E-state index contributed by atoms with van der Waals surface area (Å²) in [6.07, 6.45) is 1.13. The summed E-state index contributed by atoms with van der Waals surface area (Å²) >= 11 is 0. The van der Waals surface area contributed by atoms with Gasteiger partial charge in [0.15, 0.2) is 0 Å². The molecule has 1 aliphatic rings. The molecule has 98 valence electrons. The van der Waals surface area contributed by atoms with Gasteiger partial charge in [0.2, 0.25) is 5.91 Å². The van der Waals surface area contributed by atoms with Crippen molar-refractivity contribution in [3.05, 3.63) is 0 Å². The van der Waals surface area contributed by atoms with Gasteiger partial charge in [-0.05, 0) is 39.8 Å². The second-order valence-corrected chi connectivity index (χ2v) is 5.59. The molecule has 1 atom stereocenters. The molecule has 1 heterocycles. The Hall–Kier alpha value is -1.10. The van der Waals surface area contributed by atoms with Gasteiger partial charge in [0, 0.05) is 19.5 Å². The van der Waals surface area contributed by atoms with Crippen LogP contribution in [-0.4, -0.2) is 48.6 Å². The van der Waals surface area contributed by atoms with Crippen LogP contribution < -0.4 is 5.32 Å². The summed E-state index contributed by atoms with van der Waals surface area (Å²) in [4.78, 5) is 24.7. The second kappa shape index (κ2) is 5.49. The minimum Gasteiger partial charge on any atom is -0.481 e. The Morgan fingerprint density at radius 1 is 1.47 bits per heavy atom. The fourth-order valence-corrected chi connectivity index (χ4v) is 1.99. The quantitative estimate of drug-likeness (QED) is 0.739. The van der Waals surface area contributed by atoms with E-state index < -0.39 is 11.4 Å². The molecule has 1 aliphatic heterocycles. The molecular formula is C12H22N2O3. The van der Waals surface area contributed by atoms with Crippen molar-refractivity contribution in [3.8, 4) is 0 Å². The highest BCUT2D eigenvalue weighted by atomic mass is 16.4. The molecule has 1 unspecified atom stereocenters. The first-order valence-electron chi connectivity index (χ1n) is 6.00. The normalized spacial score (nSPS) is 21.5. The third kappa shape index (κ3) is 4.34. The summed E-state index contributed by atoms with van der Waals surface area (Å²) in [5, 5.41) is 11.7. The van der Waals surface area contributed by atoms with Crippen LogP contribution in [0.5, 0.6) is 0 Å². The summed E-state index contributed by atoms with van der Waals surface area (Å²) in [5.74, 6) is -0.614. The molecule has 0 radical (unpaired) electrons. The Bertz CT molecular complexity index is 302. The molecule has 1 rings (SSSR count). The molecule has 5 nitrogen and oxygen atoms in total. The van der Waals surface area contributed by atoms with E-state index >= 15 is 0 Å². The molecule has 5 heteroatoms. The minimum atomic E-state index is -0.990. The van der Waals surface area contributed by atoms with Crippen LogP contribution in [0.1, 0.15) is 26.7 Å². The molecule has 1 saturated heterocycles. The van der Waals surface area contributed by atoms with E-state index in [-0.39, 0.29) is 12.3 Å². The van der Waals surface area contributed by atoms with Crippen molar-refractivity contribution >= 4 is 11.9 Å². The average Bonchev–Trinajstić information content (AvgIpc) is 2.60. The number of carbonyl (C=O) groups is 2. The van der Waals surface area contributed by atoms with Crippen LogP contribution in [0.3, 0.4) is 0 Å². The predicted molar refractivity (Wildman–Crippen MR) is 64.6 cm³/mol. The average molecular weight is 242 g/mol. The number of carbonyl (C=O) groups excluding carboxylic acids is 1. The predicted octanol–water partition coefficient (Wildman–Crippen LogP) is 0.555. The molecule has 0 aromatic rings. The van der Waals surface area contributed by atoms with Crippen LogP contribution in [0.25, 0.3) is 0 Å². The molecule has 17 heavy (non-hydrogen) atoms. The van der Waals surface area contributed by atoms with Gasteiger partial charge in [0.1, 0.15) is 0 Å². The van der Waals surface area contributed by atoms with Crippen LogP contribution in [-0.2, 0) is 9.59 Å². The van der Waals surface area contributed by atoms with Gasteiger partial charge in [-0.15, -0.1) is 0 Å². The maximum atomic E-state index is 11.6. The Kier molecular flexibility index (Phi) is 4.51. The molecule has 0 aromatic carbocycles. The Morgan fingerprint density at radius 2 is 2.12 bits per heavy atom. The molecule has 0 bridgehead atoms. The zero-order valence-electron chi connectivity index (χ0n) is 10.8. The SMILES string of the molecule is CN1CCC(CNC(=O)CC(C)(C)C(=O)O)C1. The molecule has 2 N–H and O–H groups in total. The minimum absolute atomic E-state index is 0.0326. The van der Waals surface area contributed by atoms with Crippen molar-refractivity contribution in [2.45, 2.75) is 26.7 Å². The van der Waals surface area contributed by atoms with Crippen LogP contribution in [0, 0.1) is 11.3 Å². The van der Waals surface area contributed by atoms with E-state index in [0.717, 1.165) is 19.5 Å². The van der Waals surface area contributed by atoms with Crippen molar-refractivity contribution in [3.63, 3.8) is 0 Å². The monoisotopic (exact) mass is 242 g/mol. The Labute approximate surface area is 102 Å². The van der Waals surface area contributed by atoms with E-state index in [9.17, 15) is 9.59 Å². The third-order valence-electron chi connectivity index (χ3n) is 3.26. The fraction of sp³-hybridized carbons (Fsp3) is 0.833. The largest absolute Gasteiger partial charge is 0.481 e. The molecule has 0 saturated carbocycles. The van der Waals surface area contributed by atoms with E-state index in [1.54, 1.807) is 13.8 Å². The number of aliphatic carboxylic acids is 1. The number of rotatable bonds is 5. The van der Waals surface area contributed by atoms with Crippen molar-refractivity contribution in [2.75, 3.05) is 26.7 Å². The summed E-state index contributed by atoms with van der Waals surface area (Å²) in [6.45, 7) is 5.86. The highest BCUT2D eigenvalue weighted by Crippen LogP contribution is 2.20. The van der Waals surface area contributed by atoms with Crippen molar-refractivity contribution < 1.29 is 14.7 Å². The molecule has 0 aromatic heterocycles. The Balaban J connectivity index is 2.28. The summed E-state index contributed by atoms with van der Waals surface area (Å²) < 4.78 is 0. The van der Waals surface area contributed by atoms with E-state index in [2.05, 4.69) is 17.3 Å². The zero-order valence-corrected chi connectivity index (χ0v) is 10.8. The van der Waals surface area contributed by atoms with Gasteiger partial charge in [-0.1, -0.05) is 0 Å². The highest BCUT2D eigenvalue weighted by Gasteiger charge is 2.30. The lowest BCUT2D eigenvalue weighted by Crippen LogP contribution is -2.36. The maximum absolute atomic E-state index is 11.6. The van der Waals surface area contributed by atoms with E-state index in [1.165, 1.54) is 0 Å². The number of hydrogen-bond donors (Lipinski definition) is 2. The van der Waals surface area contributed by atoms with Gasteiger partial charge < -0.3 is 15.3 Å². The molecular weight excluding hydrogens is 220 g/mol. The fourth-order valence-electron chi connectivity index (χ4n) is 1.99. The number of carboxylic acids is 1. The van der Waals surface area contributed by atoms with Gasteiger partial charge in [-0.3, -0.25) is 9.59 Å². The third-order valence-corrected chi connectivity index (χ3v) is 3.26. The number of carboxylic acid groups (broad SMARTS) is 1. The van der Waals surface area contributed by atoms with Gasteiger partial charge in [0.05, 0.1) is 5.41 Å². The van der Waals surface area contributed by atoms with Crippen molar-refractivity contribution in [1.82, 2.24) is 10.2 Å². The number of hydrogen-bond acceptors (Lipinski definition) is 3. The van der Waals surface area contributed by atoms with Gasteiger partial charge >= 0.3 is 5.97 Å². The highest BCUT2D eigenvalue weighted by molar-refractivity contribution is 5.84. The topological polar surface area (TPSA) is 69.6 Å². The van der Waals surface area contributed by atoms with Gasteiger partial charge in [0.25, 0.3) is 0 Å². The number of amides is 1. The van der Waals surface area contributed by atoms with Crippen LogP contribution in [0.15, 0.2) is 0 Å². The van der Waals surface area contributed by atoms with Crippen LogP contribution >= 0.6 is 0 Å². The molecule has 0 aliphatic carbocycles. The number of nitrogens with one attached hydrogen (secondary N) is 1. The lowest BCUT2D eigenvalue weighted by atomic mass is 9.89. The number of nitrogens with zero attached hydrogens (tertiary/aromatic N) is 1. The summed E-state index contributed by atoms with van der Waals surface area (Å²) in [7, 11) is 2.06. The maximum Gasteiger partial charge on any atom is 0.309 e. The lowest BCUT2D eigenvalue weighted by molar-refractivity contribution is -0.149. The van der Waals surface area contributed by atoms with Gasteiger partial charge in [-0.2, -0.15) is 0 Å². The number of likely N-dealkylation sites (tertiary alicyclic amines) is 1. The lowest BCUT2D eigenvalue weighted by Gasteiger charge is -2.19. The standard InChI is InChI=1S/C12H22N2O3/c1-12(2,11(16)17)6-10(15)13-7-9-4-5-14(3)8-9/h9H,4-8H2,1-3H3,(H,13,15)(H,16,17). The molecule has 1 fully saturated rings. The second-order valence-electron chi connectivity index (χ2n) is 5.59. The molecule has 0 spiro atoms. The van der Waals surface area contributed by atoms with E-state index in [0.29, 0.717) is 12.5 Å². The Morgan fingerprint density at radius 3 is 2.59 bits per heavy atom. The van der Waals surface area contributed by atoms with Crippen molar-refractivity contribution in [2.24, 2.45) is 11.3 Å². The van der Waals surface area contributed by atoms with E-state index in [4.69, 9.17) is 5.11 Å². The van der Waals surface area contributed by atoms with Gasteiger partial charge in [-0.25, -0.2) is 0 Å². The van der Waals surface area contributed by atoms with Crippen LogP contribution in [0.2, 0.25) is 0 Å². The van der Waals surface area contributed by atoms with Crippen LogP contribution in [0.4, 0.5) is 0 Å².